The zero-order chi connectivity index (χ0) is 20.4. The van der Waals surface area contributed by atoms with Gasteiger partial charge in [0.1, 0.15) is 5.82 Å². The number of nitrogen functional groups attached to an aromatic ring is 1. The zero-order valence-electron chi connectivity index (χ0n) is 16.0. The molecule has 5 nitrogen and oxygen atoms in total. The van der Waals surface area contributed by atoms with Gasteiger partial charge in [-0.15, -0.1) is 0 Å². The van der Waals surface area contributed by atoms with Gasteiger partial charge in [-0.2, -0.15) is 0 Å². The summed E-state index contributed by atoms with van der Waals surface area (Å²) in [5, 5.41) is 7.67. The summed E-state index contributed by atoms with van der Waals surface area (Å²) < 4.78 is 13.7. The summed E-state index contributed by atoms with van der Waals surface area (Å²) in [4.78, 5) is 18.5. The quantitative estimate of drug-likeness (QED) is 0.530. The molecule has 3 rings (SSSR count). The molecular weight excluding hydrogens is 355 g/mol. The number of nitrogens with zero attached hydrogens (tertiary/aromatic N) is 2. The third-order valence-corrected chi connectivity index (χ3v) is 4.55. The number of halogens is 1. The van der Waals surface area contributed by atoms with Crippen molar-refractivity contribution in [2.24, 2.45) is 0 Å². The Balaban J connectivity index is 2.25. The molecule has 0 bridgehead atoms. The van der Waals surface area contributed by atoms with Gasteiger partial charge in [0.15, 0.2) is 0 Å². The van der Waals surface area contributed by atoms with E-state index in [0.717, 1.165) is 17.3 Å². The largest absolute Gasteiger partial charge is 0.398 e. The van der Waals surface area contributed by atoms with Crippen LogP contribution in [0.2, 0.25) is 0 Å². The molecule has 0 fully saturated rings. The van der Waals surface area contributed by atoms with Gasteiger partial charge in [0.25, 0.3) is 5.91 Å². The van der Waals surface area contributed by atoms with E-state index in [9.17, 15) is 9.18 Å². The van der Waals surface area contributed by atoms with E-state index in [1.54, 1.807) is 57.5 Å². The topological polar surface area (TPSA) is 83.1 Å². The lowest BCUT2D eigenvalue weighted by Crippen LogP contribution is -2.23. The second-order valence-electron chi connectivity index (χ2n) is 6.73. The van der Waals surface area contributed by atoms with Crippen LogP contribution in [-0.4, -0.2) is 36.1 Å². The van der Waals surface area contributed by atoms with E-state index < -0.39 is 0 Å². The van der Waals surface area contributed by atoms with Gasteiger partial charge in [-0.05, 0) is 54.4 Å². The van der Waals surface area contributed by atoms with Crippen molar-refractivity contribution in [1.82, 2.24) is 9.88 Å². The summed E-state index contributed by atoms with van der Waals surface area (Å²) >= 11 is 0. The van der Waals surface area contributed by atoms with E-state index in [0.29, 0.717) is 27.9 Å². The van der Waals surface area contributed by atoms with Gasteiger partial charge in [-0.3, -0.25) is 9.78 Å². The fourth-order valence-electron chi connectivity index (χ4n) is 3.03. The maximum atomic E-state index is 13.7. The van der Waals surface area contributed by atoms with Crippen molar-refractivity contribution in [3.8, 4) is 22.4 Å². The van der Waals surface area contributed by atoms with E-state index in [1.807, 2.05) is 6.07 Å². The van der Waals surface area contributed by atoms with Crippen LogP contribution in [-0.2, 0) is 0 Å². The summed E-state index contributed by atoms with van der Waals surface area (Å²) in [6, 6.07) is 12.0. The molecule has 0 saturated heterocycles. The van der Waals surface area contributed by atoms with Crippen LogP contribution in [0.5, 0.6) is 0 Å². The Morgan fingerprint density at radius 2 is 1.93 bits per heavy atom. The molecule has 1 heterocycles. The van der Waals surface area contributed by atoms with Gasteiger partial charge in [0, 0.05) is 43.2 Å². The molecule has 0 spiro atoms. The van der Waals surface area contributed by atoms with E-state index >= 15 is 0 Å². The minimum Gasteiger partial charge on any atom is -0.398 e. The molecule has 2 aromatic carbocycles. The maximum Gasteiger partial charge on any atom is 0.255 e. The molecule has 0 aliphatic carbocycles. The maximum absolute atomic E-state index is 13.7. The third kappa shape index (κ3) is 3.49. The van der Waals surface area contributed by atoms with Crippen LogP contribution in [0.1, 0.15) is 21.5 Å². The van der Waals surface area contributed by atoms with Crippen molar-refractivity contribution in [3.05, 3.63) is 71.2 Å². The number of nitrogens with two attached hydrogens (primary N) is 1. The SMILES string of the molecule is Cc1cc(-c2ncccc2-c2cc(C=N)c(N)c(C(=O)N(C)C)c2)ccc1F. The number of hydrogen-bond acceptors (Lipinski definition) is 4. The highest BCUT2D eigenvalue weighted by molar-refractivity contribution is 6.05. The first-order valence-electron chi connectivity index (χ1n) is 8.71. The van der Waals surface area contributed by atoms with Crippen LogP contribution in [0.3, 0.4) is 0 Å². The summed E-state index contributed by atoms with van der Waals surface area (Å²) in [7, 11) is 3.30. The number of pyridine rings is 1. The lowest BCUT2D eigenvalue weighted by atomic mass is 9.94. The van der Waals surface area contributed by atoms with E-state index in [-0.39, 0.29) is 17.4 Å². The molecule has 0 atom stereocenters. The van der Waals surface area contributed by atoms with Crippen molar-refractivity contribution >= 4 is 17.8 Å². The number of benzene rings is 2. The highest BCUT2D eigenvalue weighted by Crippen LogP contribution is 2.34. The zero-order valence-corrected chi connectivity index (χ0v) is 16.0. The van der Waals surface area contributed by atoms with Crippen LogP contribution in [0.15, 0.2) is 48.7 Å². The Morgan fingerprint density at radius 3 is 2.57 bits per heavy atom. The second kappa shape index (κ2) is 7.60. The molecule has 3 aromatic rings. The number of hydrogen-bond donors (Lipinski definition) is 2. The number of aromatic nitrogens is 1. The molecule has 0 aliphatic heterocycles. The van der Waals surface area contributed by atoms with Crippen LogP contribution in [0.25, 0.3) is 22.4 Å². The fourth-order valence-corrected chi connectivity index (χ4v) is 3.03. The highest BCUT2D eigenvalue weighted by atomic mass is 19.1. The first-order valence-corrected chi connectivity index (χ1v) is 8.71. The second-order valence-corrected chi connectivity index (χ2v) is 6.73. The van der Waals surface area contributed by atoms with Gasteiger partial charge in [0.2, 0.25) is 0 Å². The Bertz CT molecular complexity index is 1080. The van der Waals surface area contributed by atoms with Crippen molar-refractivity contribution in [1.29, 1.82) is 5.41 Å². The Labute approximate surface area is 163 Å². The standard InChI is InChI=1S/C22H21FN4O/c1-13-9-14(6-7-19(13)23)21-17(5-4-8-26-21)15-10-16(12-24)20(25)18(11-15)22(28)27(2)3/h4-12,24H,25H2,1-3H3. The molecule has 1 aromatic heterocycles. The average molecular weight is 376 g/mol. The molecule has 28 heavy (non-hydrogen) atoms. The van der Waals surface area contributed by atoms with E-state index in [4.69, 9.17) is 11.1 Å². The molecular formula is C22H21FN4O. The first-order chi connectivity index (χ1) is 13.3. The Hall–Kier alpha value is -3.54. The lowest BCUT2D eigenvalue weighted by molar-refractivity contribution is 0.0828. The van der Waals surface area contributed by atoms with Crippen molar-refractivity contribution in [2.45, 2.75) is 6.92 Å². The van der Waals surface area contributed by atoms with Crippen LogP contribution >= 0.6 is 0 Å². The number of anilines is 1. The molecule has 0 radical (unpaired) electrons. The van der Waals surface area contributed by atoms with Gasteiger partial charge in [-0.1, -0.05) is 6.07 Å². The molecule has 6 heteroatoms. The number of amides is 1. The summed E-state index contributed by atoms with van der Waals surface area (Å²) in [5.74, 6) is -0.524. The van der Waals surface area contributed by atoms with Crippen LogP contribution < -0.4 is 5.73 Å². The van der Waals surface area contributed by atoms with Crippen LogP contribution in [0, 0.1) is 18.2 Å². The molecule has 0 unspecified atom stereocenters. The number of nitrogens with one attached hydrogen (secondary N) is 1. The normalized spacial score (nSPS) is 10.6. The van der Waals surface area contributed by atoms with E-state index in [2.05, 4.69) is 4.98 Å². The lowest BCUT2D eigenvalue weighted by Gasteiger charge is -2.17. The third-order valence-electron chi connectivity index (χ3n) is 4.55. The van der Waals surface area contributed by atoms with Crippen LogP contribution in [0.4, 0.5) is 10.1 Å². The van der Waals surface area contributed by atoms with Gasteiger partial charge in [0.05, 0.1) is 16.9 Å². The number of carbonyl (C=O) groups is 1. The van der Waals surface area contributed by atoms with Crippen molar-refractivity contribution in [2.75, 3.05) is 19.8 Å². The Kier molecular flexibility index (Phi) is 5.22. The minimum absolute atomic E-state index is 0.245. The fraction of sp³-hybridized carbons (Fsp3) is 0.136. The predicted molar refractivity (Wildman–Crippen MR) is 110 cm³/mol. The smallest absolute Gasteiger partial charge is 0.255 e. The van der Waals surface area contributed by atoms with Gasteiger partial charge in [-0.25, -0.2) is 4.39 Å². The van der Waals surface area contributed by atoms with E-state index in [1.165, 1.54) is 11.0 Å². The number of rotatable bonds is 4. The summed E-state index contributed by atoms with van der Waals surface area (Å²) in [5.41, 5.74) is 10.6. The number of carbonyl (C=O) groups excluding carboxylic acids is 1. The monoisotopic (exact) mass is 376 g/mol. The molecule has 0 saturated carbocycles. The average Bonchev–Trinajstić information content (AvgIpc) is 2.69. The van der Waals surface area contributed by atoms with Gasteiger partial charge >= 0.3 is 0 Å². The first kappa shape index (κ1) is 19.2. The summed E-state index contributed by atoms with van der Waals surface area (Å²) in [6.07, 6.45) is 2.79. The molecule has 142 valence electrons. The predicted octanol–water partition coefficient (Wildman–Crippen LogP) is 4.14. The summed E-state index contributed by atoms with van der Waals surface area (Å²) in [6.45, 7) is 1.70. The van der Waals surface area contributed by atoms with Crippen molar-refractivity contribution in [3.63, 3.8) is 0 Å². The number of aryl methyl sites for hydroxylation is 1. The minimum atomic E-state index is -0.279. The highest BCUT2D eigenvalue weighted by Gasteiger charge is 2.18. The van der Waals surface area contributed by atoms with Crippen molar-refractivity contribution < 1.29 is 9.18 Å². The Morgan fingerprint density at radius 1 is 1.18 bits per heavy atom. The van der Waals surface area contributed by atoms with Gasteiger partial charge < -0.3 is 16.0 Å². The molecule has 0 aliphatic rings. The molecule has 1 amide bonds. The molecule has 3 N–H and O–H groups in total.